The van der Waals surface area contributed by atoms with Crippen LogP contribution in [0.5, 0.6) is 0 Å². The molecule has 1 aliphatic heterocycles. The molecule has 0 unspecified atom stereocenters. The molecular weight excluding hydrogens is 434 g/mol. The van der Waals surface area contributed by atoms with Gasteiger partial charge in [0, 0.05) is 38.1 Å². The first-order chi connectivity index (χ1) is 15.3. The summed E-state index contributed by atoms with van der Waals surface area (Å²) < 4.78 is 20.0. The molecule has 1 aliphatic rings. The lowest BCUT2D eigenvalue weighted by Crippen LogP contribution is -2.60. The summed E-state index contributed by atoms with van der Waals surface area (Å²) in [5, 5.41) is 0. The Kier molecular flexibility index (Phi) is 11.2. The Balaban J connectivity index is 3.27. The smallest absolute Gasteiger partial charge is 0.319 e. The molecule has 0 bridgehead atoms. The lowest BCUT2D eigenvalue weighted by atomic mass is 9.89. The van der Waals surface area contributed by atoms with E-state index in [4.69, 9.17) is 18.9 Å². The Hall–Kier alpha value is -2.24. The predicted molar refractivity (Wildman–Crippen MR) is 119 cm³/mol. The highest BCUT2D eigenvalue weighted by molar-refractivity contribution is 5.73. The summed E-state index contributed by atoms with van der Waals surface area (Å²) in [5.74, 6) is -1.59. The minimum Gasteiger partial charge on any atom is -0.468 e. The van der Waals surface area contributed by atoms with E-state index in [-0.39, 0.29) is 32.0 Å². The molecule has 1 fully saturated rings. The first kappa shape index (κ1) is 28.8. The van der Waals surface area contributed by atoms with E-state index < -0.39 is 29.0 Å². The highest BCUT2D eigenvalue weighted by atomic mass is 16.6. The molecule has 1 rings (SSSR count). The number of rotatable bonds is 10. The van der Waals surface area contributed by atoms with Crippen molar-refractivity contribution in [3.63, 3.8) is 0 Å². The number of ether oxygens (including phenoxy) is 4. The van der Waals surface area contributed by atoms with Crippen LogP contribution in [-0.2, 0) is 38.1 Å². The number of esters is 4. The number of hydrogen-bond donors (Lipinski definition) is 0. The molecule has 11 nitrogen and oxygen atoms in total. The molecule has 190 valence electrons. The molecule has 11 heteroatoms. The maximum atomic E-state index is 12.5. The van der Waals surface area contributed by atoms with Gasteiger partial charge in [0.05, 0.1) is 41.0 Å². The molecule has 0 aromatic heterocycles. The van der Waals surface area contributed by atoms with Crippen molar-refractivity contribution < 1.29 is 38.1 Å². The lowest BCUT2D eigenvalue weighted by molar-refractivity contribution is -0.156. The van der Waals surface area contributed by atoms with Crippen LogP contribution in [0.15, 0.2) is 0 Å². The van der Waals surface area contributed by atoms with E-state index >= 15 is 0 Å². The average Bonchev–Trinajstić information content (AvgIpc) is 2.90. The van der Waals surface area contributed by atoms with Crippen LogP contribution >= 0.6 is 0 Å². The molecule has 0 N–H and O–H groups in total. The van der Waals surface area contributed by atoms with Crippen LogP contribution in [0.1, 0.15) is 33.6 Å². The van der Waals surface area contributed by atoms with Gasteiger partial charge in [0.25, 0.3) is 0 Å². The molecule has 1 saturated heterocycles. The molecule has 1 heterocycles. The van der Waals surface area contributed by atoms with E-state index in [1.165, 1.54) is 21.3 Å². The molecule has 33 heavy (non-hydrogen) atoms. The van der Waals surface area contributed by atoms with Gasteiger partial charge in [0.1, 0.15) is 5.60 Å². The third kappa shape index (κ3) is 10.1. The average molecular weight is 474 g/mol. The van der Waals surface area contributed by atoms with Gasteiger partial charge in [-0.25, -0.2) is 0 Å². The SMILES string of the molecule is COC(=O)CN1CCN(CC(=O)OC)CC(CCC(=O)OC(C)(C)C)(N(C)CC(=O)OC)C1. The normalized spacial score (nSPS) is 17.2. The van der Waals surface area contributed by atoms with Gasteiger partial charge in [-0.2, -0.15) is 0 Å². The zero-order valence-electron chi connectivity index (χ0n) is 21.0. The highest BCUT2D eigenvalue weighted by Gasteiger charge is 2.42. The van der Waals surface area contributed by atoms with Crippen LogP contribution in [0, 0.1) is 0 Å². The Morgan fingerprint density at radius 2 is 1.27 bits per heavy atom. The second kappa shape index (κ2) is 12.9. The van der Waals surface area contributed by atoms with Crippen molar-refractivity contribution in [2.45, 2.75) is 44.8 Å². The van der Waals surface area contributed by atoms with E-state index in [9.17, 15) is 19.2 Å². The van der Waals surface area contributed by atoms with Crippen LogP contribution in [0.25, 0.3) is 0 Å². The molecule has 0 amide bonds. The molecule has 0 aromatic carbocycles. The molecule has 0 radical (unpaired) electrons. The summed E-state index contributed by atoms with van der Waals surface area (Å²) in [7, 11) is 5.72. The standard InChI is InChI=1S/C22H39N3O8/c1-21(2,3)33-17(26)8-9-22(23(4)12-18(27)30-5)15-24(13-19(28)31-6)10-11-25(16-22)14-20(29)32-7/h8-16H2,1-7H3. The fourth-order valence-corrected chi connectivity index (χ4v) is 3.83. The van der Waals surface area contributed by atoms with Gasteiger partial charge < -0.3 is 18.9 Å². The number of hydrogen-bond acceptors (Lipinski definition) is 11. The van der Waals surface area contributed by atoms with E-state index in [1.807, 2.05) is 14.7 Å². The second-order valence-electron chi connectivity index (χ2n) is 9.32. The third-order valence-electron chi connectivity index (χ3n) is 5.55. The van der Waals surface area contributed by atoms with Gasteiger partial charge in [0.2, 0.25) is 0 Å². The number of methoxy groups -OCH3 is 3. The van der Waals surface area contributed by atoms with Crippen molar-refractivity contribution in [2.75, 3.05) is 74.2 Å². The quantitative estimate of drug-likeness (QED) is 0.313. The van der Waals surface area contributed by atoms with Crippen LogP contribution in [-0.4, -0.2) is 124 Å². The summed E-state index contributed by atoms with van der Waals surface area (Å²) in [6.07, 6.45) is 0.436. The van der Waals surface area contributed by atoms with Crippen molar-refractivity contribution >= 4 is 23.9 Å². The number of likely N-dealkylation sites (N-methyl/N-ethyl adjacent to an activating group) is 1. The maximum Gasteiger partial charge on any atom is 0.319 e. The summed E-state index contributed by atoms with van der Waals surface area (Å²) in [6, 6.07) is 0. The summed E-state index contributed by atoms with van der Waals surface area (Å²) in [6.45, 7) is 7.18. The van der Waals surface area contributed by atoms with E-state index in [0.29, 0.717) is 32.6 Å². The summed E-state index contributed by atoms with van der Waals surface area (Å²) >= 11 is 0. The zero-order chi connectivity index (χ0) is 25.2. The molecule has 0 aromatic rings. The Morgan fingerprint density at radius 3 is 1.67 bits per heavy atom. The zero-order valence-corrected chi connectivity index (χ0v) is 21.0. The Morgan fingerprint density at radius 1 is 0.818 bits per heavy atom. The fraction of sp³-hybridized carbons (Fsp3) is 0.818. The van der Waals surface area contributed by atoms with Crippen LogP contribution in [0.2, 0.25) is 0 Å². The highest BCUT2D eigenvalue weighted by Crippen LogP contribution is 2.27. The Labute approximate surface area is 196 Å². The number of nitrogens with zero attached hydrogens (tertiary/aromatic N) is 3. The maximum absolute atomic E-state index is 12.5. The largest absolute Gasteiger partial charge is 0.468 e. The minimum atomic E-state index is -0.760. The fourth-order valence-electron chi connectivity index (χ4n) is 3.83. The topological polar surface area (TPSA) is 115 Å². The predicted octanol–water partition coefficient (Wildman–Crippen LogP) is -0.0845. The molecule has 0 spiro atoms. The van der Waals surface area contributed by atoms with Crippen LogP contribution in [0.4, 0.5) is 0 Å². The first-order valence-electron chi connectivity index (χ1n) is 10.9. The summed E-state index contributed by atoms with van der Waals surface area (Å²) in [5.41, 5.74) is -1.39. The molecule has 0 atom stereocenters. The van der Waals surface area contributed by atoms with E-state index in [2.05, 4.69) is 0 Å². The van der Waals surface area contributed by atoms with Crippen molar-refractivity contribution in [1.82, 2.24) is 14.7 Å². The summed E-state index contributed by atoms with van der Waals surface area (Å²) in [4.78, 5) is 54.3. The van der Waals surface area contributed by atoms with Gasteiger partial charge in [-0.15, -0.1) is 0 Å². The van der Waals surface area contributed by atoms with E-state index in [1.54, 1.807) is 27.8 Å². The molecular formula is C22H39N3O8. The monoisotopic (exact) mass is 473 g/mol. The number of carbonyl (C=O) groups is 4. The van der Waals surface area contributed by atoms with Crippen molar-refractivity contribution in [1.29, 1.82) is 0 Å². The van der Waals surface area contributed by atoms with Crippen molar-refractivity contribution in [3.8, 4) is 0 Å². The Bertz CT molecular complexity index is 664. The van der Waals surface area contributed by atoms with Gasteiger partial charge in [-0.3, -0.25) is 33.9 Å². The second-order valence-corrected chi connectivity index (χ2v) is 9.32. The first-order valence-corrected chi connectivity index (χ1v) is 10.9. The van der Waals surface area contributed by atoms with Gasteiger partial charge >= 0.3 is 23.9 Å². The van der Waals surface area contributed by atoms with Crippen LogP contribution in [0.3, 0.4) is 0 Å². The van der Waals surface area contributed by atoms with Gasteiger partial charge in [-0.1, -0.05) is 0 Å². The molecule has 0 saturated carbocycles. The van der Waals surface area contributed by atoms with E-state index in [0.717, 1.165) is 0 Å². The number of carbonyl (C=O) groups excluding carboxylic acids is 4. The van der Waals surface area contributed by atoms with Crippen molar-refractivity contribution in [2.24, 2.45) is 0 Å². The minimum absolute atomic E-state index is 0.0249. The van der Waals surface area contributed by atoms with Crippen LogP contribution < -0.4 is 0 Å². The van der Waals surface area contributed by atoms with Crippen molar-refractivity contribution in [3.05, 3.63) is 0 Å². The lowest BCUT2D eigenvalue weighted by Gasteiger charge is -2.44. The van der Waals surface area contributed by atoms with Gasteiger partial charge in [-0.05, 0) is 34.2 Å². The molecule has 0 aliphatic carbocycles. The van der Waals surface area contributed by atoms with Gasteiger partial charge in [0.15, 0.2) is 0 Å². The third-order valence-corrected chi connectivity index (χ3v) is 5.55.